The van der Waals surface area contributed by atoms with Crippen LogP contribution in [-0.2, 0) is 28.6 Å². The van der Waals surface area contributed by atoms with Gasteiger partial charge in [-0.25, -0.2) is 0 Å². The molecule has 0 aromatic carbocycles. The van der Waals surface area contributed by atoms with Crippen LogP contribution >= 0.6 is 0 Å². The summed E-state index contributed by atoms with van der Waals surface area (Å²) in [6.07, 6.45) is 87.7. The molecule has 0 rings (SSSR count). The highest BCUT2D eigenvalue weighted by atomic mass is 16.6. The number of allylic oxidation sites excluding steroid dienone is 12. The number of carbonyl (C=O) groups is 3. The van der Waals surface area contributed by atoms with Gasteiger partial charge in [-0.1, -0.05) is 299 Å². The van der Waals surface area contributed by atoms with Gasteiger partial charge in [0.25, 0.3) is 0 Å². The highest BCUT2D eigenvalue weighted by Crippen LogP contribution is 2.17. The number of hydrogen-bond acceptors (Lipinski definition) is 6. The molecule has 1 unspecified atom stereocenters. The molecule has 1 atom stereocenters. The topological polar surface area (TPSA) is 78.9 Å². The maximum absolute atomic E-state index is 12.9. The molecule has 0 bridgehead atoms. The van der Waals surface area contributed by atoms with Crippen molar-refractivity contribution in [2.24, 2.45) is 0 Å². The van der Waals surface area contributed by atoms with Crippen LogP contribution in [0.15, 0.2) is 72.9 Å². The fourth-order valence-electron chi connectivity index (χ4n) is 10.0. The maximum Gasteiger partial charge on any atom is 0.306 e. The van der Waals surface area contributed by atoms with Crippen LogP contribution < -0.4 is 0 Å². The van der Waals surface area contributed by atoms with Crippen LogP contribution in [0.5, 0.6) is 0 Å². The number of esters is 3. The summed E-state index contributed by atoms with van der Waals surface area (Å²) >= 11 is 0. The smallest absolute Gasteiger partial charge is 0.306 e. The first-order chi connectivity index (χ1) is 39.0. The number of unbranched alkanes of at least 4 members (excludes halogenated alkanes) is 40. The monoisotopic (exact) mass is 1100 g/mol. The van der Waals surface area contributed by atoms with E-state index < -0.39 is 6.10 Å². The maximum atomic E-state index is 12.9. The van der Waals surface area contributed by atoms with Crippen LogP contribution in [0.25, 0.3) is 0 Å². The molecule has 6 nitrogen and oxygen atoms in total. The van der Waals surface area contributed by atoms with E-state index in [0.29, 0.717) is 19.3 Å². The van der Waals surface area contributed by atoms with Gasteiger partial charge in [0.15, 0.2) is 6.10 Å². The Morgan fingerprint density at radius 3 is 0.785 bits per heavy atom. The fourth-order valence-corrected chi connectivity index (χ4v) is 10.0. The first kappa shape index (κ1) is 75.8. The van der Waals surface area contributed by atoms with Gasteiger partial charge >= 0.3 is 17.9 Å². The third kappa shape index (κ3) is 65.5. The van der Waals surface area contributed by atoms with Crippen molar-refractivity contribution in [3.05, 3.63) is 72.9 Å². The normalized spacial score (nSPS) is 12.5. The Bertz CT molecular complexity index is 1450. The van der Waals surface area contributed by atoms with Crippen LogP contribution in [0.4, 0.5) is 0 Å². The highest BCUT2D eigenvalue weighted by Gasteiger charge is 2.19. The molecule has 0 N–H and O–H groups in total. The Hall–Kier alpha value is -3.15. The van der Waals surface area contributed by atoms with E-state index in [1.165, 1.54) is 225 Å². The average Bonchev–Trinajstić information content (AvgIpc) is 3.45. The van der Waals surface area contributed by atoms with Crippen molar-refractivity contribution >= 4 is 17.9 Å². The standard InChI is InChI=1S/C73H130O6/c1-4-7-10-13-16-19-22-25-28-30-32-34-35-36-37-39-40-42-45-48-51-54-57-60-63-66-72(75)78-69-70(68-77-71(74)65-62-59-56-53-50-47-44-27-24-21-18-15-12-9-6-3)79-73(76)67-64-61-58-55-52-49-46-43-41-38-33-31-29-26-23-20-17-14-11-8-5-2/h7,10,16,19,25,27-28,31-34,44,70H,4-6,8-9,11-15,17-18,20-24,26,29-30,35-43,45-69H2,1-3H3/b10-7-,19-16-,28-25-,33-31-,34-32-,44-27-. The zero-order valence-electron chi connectivity index (χ0n) is 52.6. The Labute approximate surface area is 491 Å². The summed E-state index contributed by atoms with van der Waals surface area (Å²) in [6.45, 7) is 6.56. The summed E-state index contributed by atoms with van der Waals surface area (Å²) in [5.74, 6) is -0.870. The molecular formula is C73H130O6. The average molecular weight is 1100 g/mol. The Balaban J connectivity index is 4.32. The number of carbonyl (C=O) groups excluding carboxylic acids is 3. The second-order valence-corrected chi connectivity index (χ2v) is 23.1. The van der Waals surface area contributed by atoms with Gasteiger partial charge in [-0.15, -0.1) is 0 Å². The van der Waals surface area contributed by atoms with Crippen molar-refractivity contribution in [2.75, 3.05) is 13.2 Å². The molecule has 458 valence electrons. The molecule has 0 aliphatic heterocycles. The van der Waals surface area contributed by atoms with E-state index in [9.17, 15) is 14.4 Å². The third-order valence-electron chi connectivity index (χ3n) is 15.2. The minimum atomic E-state index is -0.781. The van der Waals surface area contributed by atoms with Gasteiger partial charge in [-0.2, -0.15) is 0 Å². The van der Waals surface area contributed by atoms with Crippen molar-refractivity contribution in [1.82, 2.24) is 0 Å². The quantitative estimate of drug-likeness (QED) is 0.0261. The van der Waals surface area contributed by atoms with Crippen molar-refractivity contribution in [3.8, 4) is 0 Å². The summed E-state index contributed by atoms with van der Waals surface area (Å²) in [7, 11) is 0. The van der Waals surface area contributed by atoms with Crippen molar-refractivity contribution in [1.29, 1.82) is 0 Å². The Morgan fingerprint density at radius 2 is 0.494 bits per heavy atom. The zero-order valence-corrected chi connectivity index (χ0v) is 52.6. The predicted molar refractivity (Wildman–Crippen MR) is 344 cm³/mol. The lowest BCUT2D eigenvalue weighted by molar-refractivity contribution is -0.167. The van der Waals surface area contributed by atoms with Crippen LogP contribution in [0, 0.1) is 0 Å². The number of ether oxygens (including phenoxy) is 3. The molecule has 0 radical (unpaired) electrons. The second kappa shape index (κ2) is 67.4. The summed E-state index contributed by atoms with van der Waals surface area (Å²) in [5.41, 5.74) is 0. The largest absolute Gasteiger partial charge is 0.462 e. The van der Waals surface area contributed by atoms with Gasteiger partial charge in [0.1, 0.15) is 13.2 Å². The lowest BCUT2D eigenvalue weighted by atomic mass is 10.0. The molecule has 0 spiro atoms. The van der Waals surface area contributed by atoms with Gasteiger partial charge < -0.3 is 14.2 Å². The molecule has 79 heavy (non-hydrogen) atoms. The minimum Gasteiger partial charge on any atom is -0.462 e. The molecule has 0 saturated carbocycles. The third-order valence-corrected chi connectivity index (χ3v) is 15.2. The molecule has 0 aromatic rings. The van der Waals surface area contributed by atoms with Crippen LogP contribution in [0.1, 0.15) is 355 Å². The molecular weight excluding hydrogens is 973 g/mol. The molecule has 0 saturated heterocycles. The van der Waals surface area contributed by atoms with E-state index >= 15 is 0 Å². The molecule has 0 aromatic heterocycles. The van der Waals surface area contributed by atoms with Gasteiger partial charge in [0.2, 0.25) is 0 Å². The Morgan fingerprint density at radius 1 is 0.266 bits per heavy atom. The van der Waals surface area contributed by atoms with Gasteiger partial charge in [-0.3, -0.25) is 14.4 Å². The lowest BCUT2D eigenvalue weighted by Gasteiger charge is -2.18. The molecule has 0 fully saturated rings. The van der Waals surface area contributed by atoms with Crippen molar-refractivity contribution in [3.63, 3.8) is 0 Å². The van der Waals surface area contributed by atoms with Crippen molar-refractivity contribution < 1.29 is 28.6 Å². The van der Waals surface area contributed by atoms with Gasteiger partial charge in [0.05, 0.1) is 0 Å². The van der Waals surface area contributed by atoms with Crippen molar-refractivity contribution in [2.45, 2.75) is 361 Å². The first-order valence-electron chi connectivity index (χ1n) is 34.4. The minimum absolute atomic E-state index is 0.0772. The van der Waals surface area contributed by atoms with E-state index in [4.69, 9.17) is 14.2 Å². The molecule has 0 aliphatic carbocycles. The van der Waals surface area contributed by atoms with Crippen LogP contribution in [0.3, 0.4) is 0 Å². The van der Waals surface area contributed by atoms with E-state index in [0.717, 1.165) is 89.9 Å². The Kier molecular flexibility index (Phi) is 64.7. The summed E-state index contributed by atoms with van der Waals surface area (Å²) in [5, 5.41) is 0. The molecule has 0 heterocycles. The van der Waals surface area contributed by atoms with E-state index in [-0.39, 0.29) is 31.1 Å². The first-order valence-corrected chi connectivity index (χ1v) is 34.4. The van der Waals surface area contributed by atoms with E-state index in [1.807, 2.05) is 0 Å². The second-order valence-electron chi connectivity index (χ2n) is 23.1. The lowest BCUT2D eigenvalue weighted by Crippen LogP contribution is -2.30. The van der Waals surface area contributed by atoms with E-state index in [2.05, 4.69) is 93.7 Å². The fraction of sp³-hybridized carbons (Fsp3) is 0.795. The van der Waals surface area contributed by atoms with E-state index in [1.54, 1.807) is 0 Å². The summed E-state index contributed by atoms with van der Waals surface area (Å²) in [4.78, 5) is 38.4. The van der Waals surface area contributed by atoms with Crippen LogP contribution in [0.2, 0.25) is 0 Å². The summed E-state index contributed by atoms with van der Waals surface area (Å²) < 4.78 is 17.0. The predicted octanol–water partition coefficient (Wildman–Crippen LogP) is 23.7. The SMILES string of the molecule is CC/C=C\C/C=C\C/C=C\C/C=C\CCCCCCCCCCCCCCC(=O)OCC(COC(=O)CCCCCCC/C=C\CCCCCCCC)OC(=O)CCCCCCCCCCC/C=C\CCCCCCCCCC. The molecule has 6 heteroatoms. The summed E-state index contributed by atoms with van der Waals surface area (Å²) in [6, 6.07) is 0. The number of hydrogen-bond donors (Lipinski definition) is 0. The molecule has 0 aliphatic rings. The zero-order chi connectivity index (χ0) is 57.1. The van der Waals surface area contributed by atoms with Gasteiger partial charge in [-0.05, 0) is 109 Å². The number of rotatable bonds is 63. The van der Waals surface area contributed by atoms with Crippen LogP contribution in [-0.4, -0.2) is 37.2 Å². The molecule has 0 amide bonds. The highest BCUT2D eigenvalue weighted by molar-refractivity contribution is 5.71. The van der Waals surface area contributed by atoms with Gasteiger partial charge in [0, 0.05) is 19.3 Å².